The predicted molar refractivity (Wildman–Crippen MR) is 147 cm³/mol. The molecule has 3 heterocycles. The van der Waals surface area contributed by atoms with Crippen LogP contribution in [0.25, 0.3) is 5.65 Å². The number of rotatable bonds is 9. The zero-order valence-corrected chi connectivity index (χ0v) is 22.1. The average Bonchev–Trinajstić information content (AvgIpc) is 3.65. The van der Waals surface area contributed by atoms with E-state index in [1.54, 1.807) is 41.0 Å². The van der Waals surface area contributed by atoms with Gasteiger partial charge >= 0.3 is 0 Å². The van der Waals surface area contributed by atoms with Gasteiger partial charge in [0.25, 0.3) is 5.91 Å². The lowest BCUT2D eigenvalue weighted by molar-refractivity contribution is 0.102. The van der Waals surface area contributed by atoms with Gasteiger partial charge in [-0.15, -0.1) is 5.10 Å². The molecule has 12 heteroatoms. The molecule has 39 heavy (non-hydrogen) atoms. The summed E-state index contributed by atoms with van der Waals surface area (Å²) in [6.45, 7) is 0. The molecule has 202 valence electrons. The normalized spacial score (nSPS) is 19.5. The molecule has 3 N–H and O–H groups in total. The van der Waals surface area contributed by atoms with E-state index in [-0.39, 0.29) is 23.6 Å². The molecule has 4 aromatic rings. The summed E-state index contributed by atoms with van der Waals surface area (Å²) in [6, 6.07) is 12.8. The lowest BCUT2D eigenvalue weighted by atomic mass is 9.87. The van der Waals surface area contributed by atoms with Crippen LogP contribution < -0.4 is 16.0 Å². The minimum Gasteiger partial charge on any atom is -0.379 e. The van der Waals surface area contributed by atoms with E-state index in [0.29, 0.717) is 33.9 Å². The molecule has 2 aliphatic carbocycles. The lowest BCUT2D eigenvalue weighted by Crippen LogP contribution is -2.29. The molecule has 0 unspecified atom stereocenters. The summed E-state index contributed by atoms with van der Waals surface area (Å²) in [5.74, 6) is 0.954. The summed E-state index contributed by atoms with van der Waals surface area (Å²) in [5.41, 5.74) is 1.69. The van der Waals surface area contributed by atoms with E-state index in [2.05, 4.69) is 30.9 Å². The predicted octanol–water partition coefficient (Wildman–Crippen LogP) is 3.79. The van der Waals surface area contributed by atoms with Crippen molar-refractivity contribution in [2.45, 2.75) is 55.5 Å². The zero-order valence-electron chi connectivity index (χ0n) is 21.3. The van der Waals surface area contributed by atoms with E-state index in [0.717, 1.165) is 44.2 Å². The van der Waals surface area contributed by atoms with E-state index < -0.39 is 9.84 Å². The van der Waals surface area contributed by atoms with Gasteiger partial charge in [-0.25, -0.2) is 27.9 Å². The molecule has 0 spiro atoms. The zero-order chi connectivity index (χ0) is 26.8. The first-order valence-electron chi connectivity index (χ1n) is 13.2. The Bertz CT molecular complexity index is 1560. The molecular formula is C27H30N8O3S. The second-order valence-corrected chi connectivity index (χ2v) is 12.3. The van der Waals surface area contributed by atoms with Crippen LogP contribution in [-0.4, -0.2) is 56.7 Å². The molecular weight excluding hydrogens is 516 g/mol. The largest absolute Gasteiger partial charge is 0.379 e. The third-order valence-electron chi connectivity index (χ3n) is 7.22. The fraction of sp³-hybridized carbons (Fsp3) is 0.370. The van der Waals surface area contributed by atoms with Crippen molar-refractivity contribution in [1.82, 2.24) is 24.6 Å². The second kappa shape index (κ2) is 10.6. The van der Waals surface area contributed by atoms with Crippen LogP contribution in [0.5, 0.6) is 0 Å². The first-order chi connectivity index (χ1) is 18.9. The van der Waals surface area contributed by atoms with Crippen molar-refractivity contribution in [3.8, 4) is 0 Å². The topological polar surface area (TPSA) is 143 Å². The van der Waals surface area contributed by atoms with E-state index >= 15 is 0 Å². The molecule has 0 atom stereocenters. The summed E-state index contributed by atoms with van der Waals surface area (Å²) >= 11 is 0. The van der Waals surface area contributed by atoms with Crippen molar-refractivity contribution < 1.29 is 13.2 Å². The monoisotopic (exact) mass is 546 g/mol. The maximum atomic E-state index is 13.0. The molecule has 2 aliphatic rings. The van der Waals surface area contributed by atoms with Gasteiger partial charge in [0.2, 0.25) is 0 Å². The molecule has 11 nitrogen and oxygen atoms in total. The van der Waals surface area contributed by atoms with Gasteiger partial charge in [-0.3, -0.25) is 4.79 Å². The SMILES string of the molecule is O=C(Nc1ccncn1)c1cnc2c(NC3CC3)cc(NC3CCC(CS(=O)(=O)c4ccccc4)CC3)nn12. The van der Waals surface area contributed by atoms with Gasteiger partial charge in [-0.2, -0.15) is 0 Å². The van der Waals surface area contributed by atoms with Crippen molar-refractivity contribution in [2.24, 2.45) is 5.92 Å². The Morgan fingerprint density at radius 3 is 2.38 bits per heavy atom. The van der Waals surface area contributed by atoms with Crippen LogP contribution in [-0.2, 0) is 9.84 Å². The van der Waals surface area contributed by atoms with Crippen molar-refractivity contribution in [1.29, 1.82) is 0 Å². The number of hydrogen-bond donors (Lipinski definition) is 3. The molecule has 0 radical (unpaired) electrons. The van der Waals surface area contributed by atoms with Crippen molar-refractivity contribution in [3.05, 3.63) is 66.9 Å². The molecule has 2 saturated carbocycles. The molecule has 0 aliphatic heterocycles. The Balaban J connectivity index is 1.16. The number of nitrogens with zero attached hydrogens (tertiary/aromatic N) is 5. The molecule has 1 aromatic carbocycles. The maximum Gasteiger partial charge on any atom is 0.277 e. The number of anilines is 3. The summed E-state index contributed by atoms with van der Waals surface area (Å²) in [5, 5.41) is 14.5. The van der Waals surface area contributed by atoms with E-state index in [9.17, 15) is 13.2 Å². The number of hydrogen-bond acceptors (Lipinski definition) is 9. The highest BCUT2D eigenvalue weighted by Crippen LogP contribution is 2.32. The highest BCUT2D eigenvalue weighted by Gasteiger charge is 2.28. The fourth-order valence-corrected chi connectivity index (χ4v) is 6.73. The third kappa shape index (κ3) is 5.85. The van der Waals surface area contributed by atoms with Crippen molar-refractivity contribution >= 4 is 38.7 Å². The number of aromatic nitrogens is 5. The number of sulfone groups is 1. The Hall–Kier alpha value is -4.06. The Labute approximate surface area is 226 Å². The third-order valence-corrected chi connectivity index (χ3v) is 9.12. The van der Waals surface area contributed by atoms with Gasteiger partial charge < -0.3 is 16.0 Å². The number of amides is 1. The quantitative estimate of drug-likeness (QED) is 0.286. The van der Waals surface area contributed by atoms with Crippen LogP contribution in [0.15, 0.2) is 66.1 Å². The van der Waals surface area contributed by atoms with Crippen LogP contribution in [0.4, 0.5) is 17.3 Å². The smallest absolute Gasteiger partial charge is 0.277 e. The highest BCUT2D eigenvalue weighted by molar-refractivity contribution is 7.91. The Morgan fingerprint density at radius 2 is 1.67 bits per heavy atom. The molecule has 0 saturated heterocycles. The van der Waals surface area contributed by atoms with Crippen molar-refractivity contribution in [2.75, 3.05) is 21.7 Å². The van der Waals surface area contributed by atoms with Crippen LogP contribution in [0, 0.1) is 5.92 Å². The fourth-order valence-electron chi connectivity index (χ4n) is 5.01. The second-order valence-electron chi connectivity index (χ2n) is 10.2. The van der Waals surface area contributed by atoms with E-state index in [1.165, 1.54) is 12.5 Å². The molecule has 0 bridgehead atoms. The van der Waals surface area contributed by atoms with Crippen molar-refractivity contribution in [3.63, 3.8) is 0 Å². The highest BCUT2D eigenvalue weighted by atomic mass is 32.2. The number of imidazole rings is 1. The minimum atomic E-state index is -3.30. The number of fused-ring (bicyclic) bond motifs is 1. The molecule has 1 amide bonds. The first kappa shape index (κ1) is 25.2. The van der Waals surface area contributed by atoms with E-state index in [1.807, 2.05) is 12.1 Å². The Kier molecular flexibility index (Phi) is 6.86. The summed E-state index contributed by atoms with van der Waals surface area (Å²) in [7, 11) is -3.30. The van der Waals surface area contributed by atoms with Gasteiger partial charge in [-0.1, -0.05) is 18.2 Å². The number of carbonyl (C=O) groups is 1. The van der Waals surface area contributed by atoms with Crippen LogP contribution in [0.2, 0.25) is 0 Å². The summed E-state index contributed by atoms with van der Waals surface area (Å²) in [4.78, 5) is 25.8. The first-order valence-corrected chi connectivity index (χ1v) is 14.9. The van der Waals surface area contributed by atoms with Crippen LogP contribution in [0.1, 0.15) is 49.0 Å². The van der Waals surface area contributed by atoms with Gasteiger partial charge in [0.15, 0.2) is 21.2 Å². The number of nitrogens with one attached hydrogen (secondary N) is 3. The van der Waals surface area contributed by atoms with Gasteiger partial charge in [0.1, 0.15) is 18.0 Å². The van der Waals surface area contributed by atoms with Crippen LogP contribution >= 0.6 is 0 Å². The molecule has 6 rings (SSSR count). The molecule has 3 aromatic heterocycles. The van der Waals surface area contributed by atoms with Gasteiger partial charge in [0, 0.05) is 24.3 Å². The van der Waals surface area contributed by atoms with Gasteiger partial charge in [-0.05, 0) is 62.6 Å². The number of benzene rings is 1. The average molecular weight is 547 g/mol. The van der Waals surface area contributed by atoms with Gasteiger partial charge in [0.05, 0.1) is 22.5 Å². The number of carbonyl (C=O) groups excluding carboxylic acids is 1. The molecule has 2 fully saturated rings. The maximum absolute atomic E-state index is 13.0. The minimum absolute atomic E-state index is 0.126. The Morgan fingerprint density at radius 1 is 0.923 bits per heavy atom. The van der Waals surface area contributed by atoms with Crippen LogP contribution in [0.3, 0.4) is 0 Å². The summed E-state index contributed by atoms with van der Waals surface area (Å²) in [6.07, 6.45) is 9.93. The standard InChI is InChI=1S/C27H30N8O3S/c36-27(33-24-12-13-28-17-30-24)23-15-29-26-22(31-19-10-11-19)14-25(34-35(23)26)32-20-8-6-18(7-9-20)16-39(37,38)21-4-2-1-3-5-21/h1-5,12-15,17-20,31H,6-11,16H2,(H,32,34)(H,28,30,33,36). The van der Waals surface area contributed by atoms with E-state index in [4.69, 9.17) is 5.10 Å². The lowest BCUT2D eigenvalue weighted by Gasteiger charge is -2.29. The summed E-state index contributed by atoms with van der Waals surface area (Å²) < 4.78 is 27.2.